The van der Waals surface area contributed by atoms with Gasteiger partial charge < -0.3 is 14.2 Å². The fourth-order valence-electron chi connectivity index (χ4n) is 1.93. The van der Waals surface area contributed by atoms with Crippen molar-refractivity contribution in [3.05, 3.63) is 30.2 Å². The van der Waals surface area contributed by atoms with Gasteiger partial charge >= 0.3 is 0 Å². The monoisotopic (exact) mass is 292 g/mol. The summed E-state index contributed by atoms with van der Waals surface area (Å²) in [5.41, 5.74) is 1.57. The molecule has 0 aliphatic carbocycles. The third kappa shape index (κ3) is 2.65. The van der Waals surface area contributed by atoms with Gasteiger partial charge in [-0.15, -0.1) is 0 Å². The molecule has 106 valence electrons. The number of thiol groups is 1. The summed E-state index contributed by atoms with van der Waals surface area (Å²) in [7, 11) is 4.74. The first kappa shape index (κ1) is 14.5. The van der Waals surface area contributed by atoms with Crippen LogP contribution >= 0.6 is 12.6 Å². The molecular formula is C14H16N2O3S. The van der Waals surface area contributed by atoms with Gasteiger partial charge in [0.2, 0.25) is 5.75 Å². The molecule has 2 rings (SSSR count). The summed E-state index contributed by atoms with van der Waals surface area (Å²) in [5.74, 6) is 2.86. The van der Waals surface area contributed by atoms with Crippen LogP contribution in [-0.2, 0) is 5.75 Å². The van der Waals surface area contributed by atoms with E-state index in [4.69, 9.17) is 14.2 Å². The van der Waals surface area contributed by atoms with Crippen molar-refractivity contribution in [2.24, 2.45) is 0 Å². The van der Waals surface area contributed by atoms with Crippen molar-refractivity contribution < 1.29 is 14.2 Å². The molecule has 1 heterocycles. The van der Waals surface area contributed by atoms with Crippen LogP contribution < -0.4 is 14.2 Å². The van der Waals surface area contributed by atoms with Gasteiger partial charge in [-0.3, -0.25) is 0 Å². The Morgan fingerprint density at radius 2 is 1.75 bits per heavy atom. The predicted molar refractivity (Wildman–Crippen MR) is 79.8 cm³/mol. The van der Waals surface area contributed by atoms with Crippen LogP contribution in [0.25, 0.3) is 11.3 Å². The smallest absolute Gasteiger partial charge is 0.203 e. The molecule has 0 spiro atoms. The zero-order valence-electron chi connectivity index (χ0n) is 11.6. The SMILES string of the molecule is COc1ccc(-c2ccnc(CS)n2)c(OC)c1OC. The maximum Gasteiger partial charge on any atom is 0.203 e. The molecule has 0 fully saturated rings. The van der Waals surface area contributed by atoms with Crippen LogP contribution in [0.3, 0.4) is 0 Å². The molecule has 0 aliphatic rings. The average Bonchev–Trinajstić information content (AvgIpc) is 2.53. The highest BCUT2D eigenvalue weighted by Gasteiger charge is 2.17. The number of methoxy groups -OCH3 is 3. The van der Waals surface area contributed by atoms with Crippen LogP contribution in [0.2, 0.25) is 0 Å². The molecular weight excluding hydrogens is 276 g/mol. The number of rotatable bonds is 5. The Balaban J connectivity index is 2.61. The molecule has 0 unspecified atom stereocenters. The van der Waals surface area contributed by atoms with E-state index in [0.717, 1.165) is 11.3 Å². The van der Waals surface area contributed by atoms with E-state index in [1.54, 1.807) is 27.5 Å². The highest BCUT2D eigenvalue weighted by Crippen LogP contribution is 2.43. The van der Waals surface area contributed by atoms with Crippen molar-refractivity contribution in [2.45, 2.75) is 5.75 Å². The first-order valence-corrected chi connectivity index (χ1v) is 6.60. The molecule has 0 aliphatic heterocycles. The summed E-state index contributed by atoms with van der Waals surface area (Å²) in [5, 5.41) is 0. The van der Waals surface area contributed by atoms with Crippen LogP contribution in [0.5, 0.6) is 17.2 Å². The lowest BCUT2D eigenvalue weighted by Crippen LogP contribution is -1.99. The number of hydrogen-bond donors (Lipinski definition) is 1. The molecule has 0 saturated heterocycles. The van der Waals surface area contributed by atoms with Crippen molar-refractivity contribution in [3.8, 4) is 28.5 Å². The Kier molecular flexibility index (Phi) is 4.68. The van der Waals surface area contributed by atoms with Crippen molar-refractivity contribution in [1.29, 1.82) is 0 Å². The molecule has 0 bridgehead atoms. The Morgan fingerprint density at radius 1 is 1.00 bits per heavy atom. The second-order valence-electron chi connectivity index (χ2n) is 3.90. The largest absolute Gasteiger partial charge is 0.493 e. The minimum absolute atomic E-state index is 0.476. The Morgan fingerprint density at radius 3 is 2.35 bits per heavy atom. The molecule has 0 N–H and O–H groups in total. The second-order valence-corrected chi connectivity index (χ2v) is 4.21. The summed E-state index contributed by atoms with van der Waals surface area (Å²) in [4.78, 5) is 8.57. The van der Waals surface area contributed by atoms with Gasteiger partial charge in [0, 0.05) is 11.8 Å². The minimum Gasteiger partial charge on any atom is -0.493 e. The molecule has 2 aromatic rings. The number of aromatic nitrogens is 2. The molecule has 0 atom stereocenters. The first-order chi connectivity index (χ1) is 9.74. The third-order valence-corrected chi connectivity index (χ3v) is 3.11. The standard InChI is InChI=1S/C14H16N2O3S/c1-17-11-5-4-9(13(18-2)14(11)19-3)10-6-7-15-12(8-20)16-10/h4-7,20H,8H2,1-3H3. The van der Waals surface area contributed by atoms with Gasteiger partial charge in [0.05, 0.1) is 32.8 Å². The van der Waals surface area contributed by atoms with Crippen LogP contribution in [-0.4, -0.2) is 31.3 Å². The summed E-state index contributed by atoms with van der Waals surface area (Å²) in [6.45, 7) is 0. The van der Waals surface area contributed by atoms with Gasteiger partial charge in [0.25, 0.3) is 0 Å². The Labute approximate surface area is 123 Å². The Hall–Kier alpha value is -1.95. The number of ether oxygens (including phenoxy) is 3. The highest BCUT2D eigenvalue weighted by molar-refractivity contribution is 7.79. The maximum absolute atomic E-state index is 5.45. The topological polar surface area (TPSA) is 53.5 Å². The molecule has 6 heteroatoms. The molecule has 1 aromatic heterocycles. The van der Waals surface area contributed by atoms with E-state index < -0.39 is 0 Å². The van der Waals surface area contributed by atoms with Crippen molar-refractivity contribution in [3.63, 3.8) is 0 Å². The quantitative estimate of drug-likeness (QED) is 0.859. The van der Waals surface area contributed by atoms with Gasteiger partial charge in [-0.05, 0) is 18.2 Å². The van der Waals surface area contributed by atoms with Gasteiger partial charge in [-0.1, -0.05) is 0 Å². The number of hydrogen-bond acceptors (Lipinski definition) is 6. The Bertz CT molecular complexity index is 605. The van der Waals surface area contributed by atoms with E-state index in [0.29, 0.717) is 28.8 Å². The van der Waals surface area contributed by atoms with Crippen LogP contribution in [0.4, 0.5) is 0 Å². The molecule has 1 aromatic carbocycles. The van der Waals surface area contributed by atoms with E-state index in [2.05, 4.69) is 22.6 Å². The normalized spacial score (nSPS) is 10.2. The molecule has 0 saturated carbocycles. The van der Waals surface area contributed by atoms with Gasteiger partial charge in [0.1, 0.15) is 5.82 Å². The van der Waals surface area contributed by atoms with Crippen molar-refractivity contribution >= 4 is 12.6 Å². The molecule has 20 heavy (non-hydrogen) atoms. The average molecular weight is 292 g/mol. The van der Waals surface area contributed by atoms with E-state index in [1.165, 1.54) is 0 Å². The molecule has 0 radical (unpaired) electrons. The highest BCUT2D eigenvalue weighted by atomic mass is 32.1. The zero-order chi connectivity index (χ0) is 14.5. The van der Waals surface area contributed by atoms with Crippen molar-refractivity contribution in [2.75, 3.05) is 21.3 Å². The lowest BCUT2D eigenvalue weighted by atomic mass is 10.1. The van der Waals surface area contributed by atoms with Gasteiger partial charge in [-0.2, -0.15) is 12.6 Å². The summed E-state index contributed by atoms with van der Waals surface area (Å²) in [6.07, 6.45) is 1.70. The van der Waals surface area contributed by atoms with E-state index in [1.807, 2.05) is 18.2 Å². The maximum atomic E-state index is 5.45. The lowest BCUT2D eigenvalue weighted by Gasteiger charge is -2.15. The van der Waals surface area contributed by atoms with Gasteiger partial charge in [0.15, 0.2) is 11.5 Å². The van der Waals surface area contributed by atoms with E-state index >= 15 is 0 Å². The molecule has 0 amide bonds. The fraction of sp³-hybridized carbons (Fsp3) is 0.286. The fourth-order valence-corrected chi connectivity index (χ4v) is 2.08. The van der Waals surface area contributed by atoms with Crippen LogP contribution in [0, 0.1) is 0 Å². The van der Waals surface area contributed by atoms with Gasteiger partial charge in [-0.25, -0.2) is 9.97 Å². The summed E-state index contributed by atoms with van der Waals surface area (Å²) in [6, 6.07) is 5.51. The van der Waals surface area contributed by atoms with E-state index in [9.17, 15) is 0 Å². The predicted octanol–water partition coefficient (Wildman–Crippen LogP) is 2.60. The first-order valence-electron chi connectivity index (χ1n) is 5.97. The third-order valence-electron chi connectivity index (χ3n) is 2.83. The van der Waals surface area contributed by atoms with E-state index in [-0.39, 0.29) is 0 Å². The minimum atomic E-state index is 0.476. The number of nitrogens with zero attached hydrogens (tertiary/aromatic N) is 2. The van der Waals surface area contributed by atoms with Crippen LogP contribution in [0.15, 0.2) is 24.4 Å². The molecule has 5 nitrogen and oxygen atoms in total. The zero-order valence-corrected chi connectivity index (χ0v) is 12.5. The summed E-state index contributed by atoms with van der Waals surface area (Å²) < 4.78 is 16.1. The summed E-state index contributed by atoms with van der Waals surface area (Å²) >= 11 is 4.19. The van der Waals surface area contributed by atoms with Crippen molar-refractivity contribution in [1.82, 2.24) is 9.97 Å². The lowest BCUT2D eigenvalue weighted by molar-refractivity contribution is 0.325. The van der Waals surface area contributed by atoms with Crippen LogP contribution in [0.1, 0.15) is 5.82 Å². The number of benzene rings is 1. The second kappa shape index (κ2) is 6.47.